The van der Waals surface area contributed by atoms with E-state index in [-0.39, 0.29) is 12.1 Å². The Bertz CT molecular complexity index is 223. The van der Waals surface area contributed by atoms with E-state index in [2.05, 4.69) is 6.92 Å². The van der Waals surface area contributed by atoms with Gasteiger partial charge < -0.3 is 10.5 Å². The topological polar surface area (TPSA) is 52.3 Å². The van der Waals surface area contributed by atoms with Crippen LogP contribution in [0, 0.1) is 5.92 Å². The molecule has 4 heteroatoms. The van der Waals surface area contributed by atoms with E-state index in [1.807, 2.05) is 6.26 Å². The van der Waals surface area contributed by atoms with Crippen molar-refractivity contribution >= 4 is 17.7 Å². The molecule has 0 aromatic carbocycles. The molecule has 1 aliphatic rings. The highest BCUT2D eigenvalue weighted by atomic mass is 32.2. The van der Waals surface area contributed by atoms with Gasteiger partial charge in [-0.1, -0.05) is 13.3 Å². The normalized spacial score (nSPS) is 27.4. The van der Waals surface area contributed by atoms with Crippen molar-refractivity contribution in [3.05, 3.63) is 0 Å². The molecule has 0 heterocycles. The second-order valence-corrected chi connectivity index (χ2v) is 5.61. The van der Waals surface area contributed by atoms with Gasteiger partial charge >= 0.3 is 5.97 Å². The van der Waals surface area contributed by atoms with E-state index >= 15 is 0 Å². The molecular formula is C12H23NO2S. The number of nitrogens with two attached hydrogens (primary N) is 1. The smallest absolute Gasteiger partial charge is 0.323 e. The minimum atomic E-state index is -0.443. The molecule has 0 aromatic heterocycles. The number of esters is 1. The van der Waals surface area contributed by atoms with Crippen molar-refractivity contribution in [1.82, 2.24) is 0 Å². The SMILES string of the molecule is CSCC[C@H](N)C(=O)OC1CCCCC1C. The molecule has 3 atom stereocenters. The van der Waals surface area contributed by atoms with Gasteiger partial charge in [-0.15, -0.1) is 0 Å². The number of thioether (sulfide) groups is 1. The van der Waals surface area contributed by atoms with Crippen LogP contribution >= 0.6 is 11.8 Å². The van der Waals surface area contributed by atoms with Gasteiger partial charge in [0.15, 0.2) is 0 Å². The molecule has 0 amide bonds. The number of rotatable bonds is 5. The number of carbonyl (C=O) groups excluding carboxylic acids is 1. The van der Waals surface area contributed by atoms with Crippen molar-refractivity contribution in [3.63, 3.8) is 0 Å². The van der Waals surface area contributed by atoms with Gasteiger partial charge in [-0.25, -0.2) is 0 Å². The summed E-state index contributed by atoms with van der Waals surface area (Å²) in [5.74, 6) is 1.19. The molecule has 1 aliphatic carbocycles. The van der Waals surface area contributed by atoms with Gasteiger partial charge in [0.1, 0.15) is 12.1 Å². The second-order valence-electron chi connectivity index (χ2n) is 4.63. The fourth-order valence-electron chi connectivity index (χ4n) is 2.06. The van der Waals surface area contributed by atoms with E-state index in [0.717, 1.165) is 18.6 Å². The molecule has 1 rings (SSSR count). The maximum Gasteiger partial charge on any atom is 0.323 e. The van der Waals surface area contributed by atoms with Gasteiger partial charge in [0.25, 0.3) is 0 Å². The Morgan fingerprint density at radius 3 is 2.81 bits per heavy atom. The third kappa shape index (κ3) is 4.34. The van der Waals surface area contributed by atoms with Crippen LogP contribution < -0.4 is 5.73 Å². The highest BCUT2D eigenvalue weighted by Gasteiger charge is 2.26. The van der Waals surface area contributed by atoms with Crippen LogP contribution in [0.4, 0.5) is 0 Å². The van der Waals surface area contributed by atoms with Gasteiger partial charge in [0, 0.05) is 0 Å². The van der Waals surface area contributed by atoms with E-state index in [1.54, 1.807) is 11.8 Å². The summed E-state index contributed by atoms with van der Waals surface area (Å²) in [6, 6.07) is -0.443. The zero-order chi connectivity index (χ0) is 12.0. The molecule has 0 spiro atoms. The van der Waals surface area contributed by atoms with Gasteiger partial charge in [0.2, 0.25) is 0 Å². The Morgan fingerprint density at radius 1 is 1.50 bits per heavy atom. The molecule has 2 unspecified atom stereocenters. The van der Waals surface area contributed by atoms with Crippen LogP contribution in [0.3, 0.4) is 0 Å². The monoisotopic (exact) mass is 245 g/mol. The predicted octanol–water partition coefficient (Wildman–Crippen LogP) is 2.19. The van der Waals surface area contributed by atoms with Crippen LogP contribution in [0.1, 0.15) is 39.0 Å². The molecule has 3 nitrogen and oxygen atoms in total. The van der Waals surface area contributed by atoms with Gasteiger partial charge in [-0.05, 0) is 43.6 Å². The first-order valence-electron chi connectivity index (χ1n) is 6.10. The van der Waals surface area contributed by atoms with E-state index in [9.17, 15) is 4.79 Å². The Hall–Kier alpha value is -0.220. The molecule has 1 fully saturated rings. The van der Waals surface area contributed by atoms with Crippen molar-refractivity contribution < 1.29 is 9.53 Å². The molecular weight excluding hydrogens is 222 g/mol. The molecule has 0 aromatic rings. The lowest BCUT2D eigenvalue weighted by atomic mass is 9.88. The molecule has 16 heavy (non-hydrogen) atoms. The number of hydrogen-bond acceptors (Lipinski definition) is 4. The van der Waals surface area contributed by atoms with Crippen molar-refractivity contribution in [1.29, 1.82) is 0 Å². The summed E-state index contributed by atoms with van der Waals surface area (Å²) in [5, 5.41) is 0. The fourth-order valence-corrected chi connectivity index (χ4v) is 2.55. The maximum atomic E-state index is 11.7. The van der Waals surface area contributed by atoms with Crippen LogP contribution in [0.2, 0.25) is 0 Å². The second kappa shape index (κ2) is 7.17. The molecule has 1 saturated carbocycles. The highest BCUT2D eigenvalue weighted by molar-refractivity contribution is 7.98. The maximum absolute atomic E-state index is 11.7. The Labute approximate surface area is 102 Å². The molecule has 0 bridgehead atoms. The molecule has 2 N–H and O–H groups in total. The Balaban J connectivity index is 2.31. The molecule has 0 saturated heterocycles. The van der Waals surface area contributed by atoms with Crippen LogP contribution in [-0.2, 0) is 9.53 Å². The predicted molar refractivity (Wildman–Crippen MR) is 68.5 cm³/mol. The quantitative estimate of drug-likeness (QED) is 0.754. The van der Waals surface area contributed by atoms with Gasteiger partial charge in [0.05, 0.1) is 0 Å². The first kappa shape index (κ1) is 13.8. The number of hydrogen-bond donors (Lipinski definition) is 1. The summed E-state index contributed by atoms with van der Waals surface area (Å²) in [6.07, 6.45) is 7.42. The van der Waals surface area contributed by atoms with Crippen LogP contribution in [0.25, 0.3) is 0 Å². The summed E-state index contributed by atoms with van der Waals surface area (Å²) in [7, 11) is 0. The molecule has 0 radical (unpaired) electrons. The third-order valence-corrected chi connectivity index (χ3v) is 3.88. The Morgan fingerprint density at radius 2 is 2.19 bits per heavy atom. The fraction of sp³-hybridized carbons (Fsp3) is 0.917. The standard InChI is InChI=1S/C12H23NO2S/c1-9-5-3-4-6-11(9)15-12(14)10(13)7-8-16-2/h9-11H,3-8,13H2,1-2H3/t9?,10-,11?/m0/s1. The van der Waals surface area contributed by atoms with Crippen LogP contribution in [0.15, 0.2) is 0 Å². The lowest BCUT2D eigenvalue weighted by molar-refractivity contribution is -0.154. The van der Waals surface area contributed by atoms with Crippen molar-refractivity contribution in [2.75, 3.05) is 12.0 Å². The number of carbonyl (C=O) groups is 1. The summed E-state index contributed by atoms with van der Waals surface area (Å²) in [4.78, 5) is 11.7. The summed E-state index contributed by atoms with van der Waals surface area (Å²) in [5.41, 5.74) is 5.78. The highest BCUT2D eigenvalue weighted by Crippen LogP contribution is 2.26. The lowest BCUT2D eigenvalue weighted by Gasteiger charge is -2.29. The zero-order valence-electron chi connectivity index (χ0n) is 10.3. The van der Waals surface area contributed by atoms with E-state index in [1.165, 1.54) is 12.8 Å². The van der Waals surface area contributed by atoms with Crippen molar-refractivity contribution in [2.24, 2.45) is 11.7 Å². The van der Waals surface area contributed by atoms with Crippen molar-refractivity contribution in [2.45, 2.75) is 51.2 Å². The van der Waals surface area contributed by atoms with Gasteiger partial charge in [-0.3, -0.25) is 4.79 Å². The molecule has 0 aliphatic heterocycles. The molecule has 94 valence electrons. The summed E-state index contributed by atoms with van der Waals surface area (Å²) in [6.45, 7) is 2.16. The van der Waals surface area contributed by atoms with E-state index in [0.29, 0.717) is 12.3 Å². The third-order valence-electron chi connectivity index (χ3n) is 3.24. The number of ether oxygens (including phenoxy) is 1. The minimum Gasteiger partial charge on any atom is -0.461 e. The van der Waals surface area contributed by atoms with Crippen LogP contribution in [-0.4, -0.2) is 30.1 Å². The summed E-state index contributed by atoms with van der Waals surface area (Å²) >= 11 is 1.71. The van der Waals surface area contributed by atoms with Crippen LogP contribution in [0.5, 0.6) is 0 Å². The zero-order valence-corrected chi connectivity index (χ0v) is 11.1. The van der Waals surface area contributed by atoms with Gasteiger partial charge in [-0.2, -0.15) is 11.8 Å². The first-order chi connectivity index (χ1) is 7.65. The summed E-state index contributed by atoms with van der Waals surface area (Å²) < 4.78 is 5.49. The average molecular weight is 245 g/mol. The Kier molecular flexibility index (Phi) is 6.21. The van der Waals surface area contributed by atoms with Crippen molar-refractivity contribution in [3.8, 4) is 0 Å². The largest absolute Gasteiger partial charge is 0.461 e. The van der Waals surface area contributed by atoms with E-state index in [4.69, 9.17) is 10.5 Å². The lowest BCUT2D eigenvalue weighted by Crippen LogP contribution is -2.38. The first-order valence-corrected chi connectivity index (χ1v) is 7.49. The average Bonchev–Trinajstić information content (AvgIpc) is 2.28. The van der Waals surface area contributed by atoms with E-state index < -0.39 is 6.04 Å². The minimum absolute atomic E-state index is 0.0987.